The zero-order chi connectivity index (χ0) is 14.4. The van der Waals surface area contributed by atoms with E-state index in [0.29, 0.717) is 12.5 Å². The van der Waals surface area contributed by atoms with E-state index in [4.69, 9.17) is 4.74 Å². The number of hydrogen-bond donors (Lipinski definition) is 2. The van der Waals surface area contributed by atoms with Crippen LogP contribution in [0.2, 0.25) is 0 Å². The molecule has 1 amide bonds. The monoisotopic (exact) mass is 276 g/mol. The molecule has 1 atom stereocenters. The molecular formula is C16H24N2O2. The Hall–Kier alpha value is -1.55. The predicted molar refractivity (Wildman–Crippen MR) is 81.0 cm³/mol. The molecule has 110 valence electrons. The molecule has 0 aliphatic carbocycles. The number of ether oxygens (including phenoxy) is 1. The third-order valence-corrected chi connectivity index (χ3v) is 3.50. The lowest BCUT2D eigenvalue weighted by Gasteiger charge is -2.12. The van der Waals surface area contributed by atoms with Crippen LogP contribution in [0.4, 0.5) is 5.69 Å². The third-order valence-electron chi connectivity index (χ3n) is 3.50. The first-order chi connectivity index (χ1) is 9.65. The molecule has 1 heterocycles. The molecule has 4 nitrogen and oxygen atoms in total. The zero-order valence-electron chi connectivity index (χ0n) is 12.3. The summed E-state index contributed by atoms with van der Waals surface area (Å²) in [6.07, 6.45) is 1.95. The number of nitrogens with one attached hydrogen (secondary N) is 2. The SMILES string of the molecule is CC(C)CCOc1cccc(NC(=O)C2CCNC2)c1. The van der Waals surface area contributed by atoms with Gasteiger partial charge in [0.15, 0.2) is 0 Å². The van der Waals surface area contributed by atoms with Crippen LogP contribution < -0.4 is 15.4 Å². The van der Waals surface area contributed by atoms with Crippen molar-refractivity contribution < 1.29 is 9.53 Å². The van der Waals surface area contributed by atoms with Crippen LogP contribution in [0.1, 0.15) is 26.7 Å². The van der Waals surface area contributed by atoms with Crippen LogP contribution in [0.5, 0.6) is 5.75 Å². The largest absolute Gasteiger partial charge is 0.494 e. The number of benzene rings is 1. The standard InChI is InChI=1S/C16H24N2O2/c1-12(2)7-9-20-15-5-3-4-14(10-15)18-16(19)13-6-8-17-11-13/h3-5,10,12-13,17H,6-9,11H2,1-2H3,(H,18,19). The number of carbonyl (C=O) groups excluding carboxylic acids is 1. The first-order valence-electron chi connectivity index (χ1n) is 7.39. The maximum Gasteiger partial charge on any atom is 0.228 e. The topological polar surface area (TPSA) is 50.4 Å². The van der Waals surface area contributed by atoms with E-state index >= 15 is 0 Å². The van der Waals surface area contributed by atoms with Crippen molar-refractivity contribution in [3.63, 3.8) is 0 Å². The van der Waals surface area contributed by atoms with Crippen LogP contribution in [0, 0.1) is 11.8 Å². The molecule has 0 radical (unpaired) electrons. The summed E-state index contributed by atoms with van der Waals surface area (Å²) >= 11 is 0. The number of rotatable bonds is 6. The summed E-state index contributed by atoms with van der Waals surface area (Å²) in [4.78, 5) is 12.0. The normalized spacial score (nSPS) is 18.2. The minimum Gasteiger partial charge on any atom is -0.494 e. The van der Waals surface area contributed by atoms with Gasteiger partial charge in [0.1, 0.15) is 5.75 Å². The minimum absolute atomic E-state index is 0.0838. The number of carbonyl (C=O) groups is 1. The van der Waals surface area contributed by atoms with Gasteiger partial charge in [-0.1, -0.05) is 19.9 Å². The van der Waals surface area contributed by atoms with Gasteiger partial charge in [-0.3, -0.25) is 4.79 Å². The number of anilines is 1. The maximum atomic E-state index is 12.0. The van der Waals surface area contributed by atoms with Crippen molar-refractivity contribution in [1.82, 2.24) is 5.32 Å². The molecule has 1 aromatic carbocycles. The van der Waals surface area contributed by atoms with Crippen molar-refractivity contribution in [1.29, 1.82) is 0 Å². The lowest BCUT2D eigenvalue weighted by molar-refractivity contribution is -0.119. The second-order valence-corrected chi connectivity index (χ2v) is 5.74. The van der Waals surface area contributed by atoms with E-state index in [-0.39, 0.29) is 11.8 Å². The van der Waals surface area contributed by atoms with E-state index in [9.17, 15) is 4.79 Å². The second-order valence-electron chi connectivity index (χ2n) is 5.74. The average Bonchev–Trinajstić information content (AvgIpc) is 2.92. The summed E-state index contributed by atoms with van der Waals surface area (Å²) < 4.78 is 5.70. The molecular weight excluding hydrogens is 252 g/mol. The Morgan fingerprint density at radius 2 is 2.35 bits per heavy atom. The fourth-order valence-corrected chi connectivity index (χ4v) is 2.20. The second kappa shape index (κ2) is 7.29. The van der Waals surface area contributed by atoms with Crippen LogP contribution in [-0.2, 0) is 4.79 Å². The maximum absolute atomic E-state index is 12.0. The van der Waals surface area contributed by atoms with Gasteiger partial charge in [0.25, 0.3) is 0 Å². The van der Waals surface area contributed by atoms with Crippen molar-refractivity contribution in [3.8, 4) is 5.75 Å². The average molecular weight is 276 g/mol. The summed E-state index contributed by atoms with van der Waals surface area (Å²) in [5.74, 6) is 1.62. The van der Waals surface area contributed by atoms with E-state index in [2.05, 4.69) is 24.5 Å². The van der Waals surface area contributed by atoms with Gasteiger partial charge in [-0.2, -0.15) is 0 Å². The first kappa shape index (κ1) is 14.9. The van der Waals surface area contributed by atoms with Gasteiger partial charge in [0.2, 0.25) is 5.91 Å². The highest BCUT2D eigenvalue weighted by molar-refractivity contribution is 5.93. The zero-order valence-corrected chi connectivity index (χ0v) is 12.3. The molecule has 1 saturated heterocycles. The van der Waals surface area contributed by atoms with Gasteiger partial charge in [-0.15, -0.1) is 0 Å². The highest BCUT2D eigenvalue weighted by Gasteiger charge is 2.22. The van der Waals surface area contributed by atoms with Crippen LogP contribution in [-0.4, -0.2) is 25.6 Å². The summed E-state index contributed by atoms with van der Waals surface area (Å²) in [5, 5.41) is 6.17. The highest BCUT2D eigenvalue weighted by Crippen LogP contribution is 2.19. The Kier molecular flexibility index (Phi) is 5.41. The van der Waals surface area contributed by atoms with E-state index in [1.54, 1.807) is 0 Å². The molecule has 0 bridgehead atoms. The van der Waals surface area contributed by atoms with Crippen molar-refractivity contribution in [3.05, 3.63) is 24.3 Å². The predicted octanol–water partition coefficient (Wildman–Crippen LogP) is 2.66. The quantitative estimate of drug-likeness (QED) is 0.840. The molecule has 0 aromatic heterocycles. The van der Waals surface area contributed by atoms with Crippen molar-refractivity contribution in [2.45, 2.75) is 26.7 Å². The van der Waals surface area contributed by atoms with Gasteiger partial charge in [0, 0.05) is 18.3 Å². The molecule has 2 rings (SSSR count). The van der Waals surface area contributed by atoms with Gasteiger partial charge >= 0.3 is 0 Å². The highest BCUT2D eigenvalue weighted by atomic mass is 16.5. The molecule has 1 aliphatic heterocycles. The van der Waals surface area contributed by atoms with Gasteiger partial charge in [0.05, 0.1) is 12.5 Å². The Balaban J connectivity index is 1.86. The molecule has 1 aliphatic rings. The Morgan fingerprint density at radius 3 is 3.05 bits per heavy atom. The molecule has 1 unspecified atom stereocenters. The van der Waals surface area contributed by atoms with E-state index in [0.717, 1.165) is 37.4 Å². The molecule has 20 heavy (non-hydrogen) atoms. The van der Waals surface area contributed by atoms with Gasteiger partial charge < -0.3 is 15.4 Å². The summed E-state index contributed by atoms with van der Waals surface area (Å²) in [6, 6.07) is 7.62. The van der Waals surface area contributed by atoms with Gasteiger partial charge in [-0.25, -0.2) is 0 Å². The first-order valence-corrected chi connectivity index (χ1v) is 7.39. The lowest BCUT2D eigenvalue weighted by Crippen LogP contribution is -2.24. The fraction of sp³-hybridized carbons (Fsp3) is 0.562. The van der Waals surface area contributed by atoms with Crippen LogP contribution in [0.25, 0.3) is 0 Å². The number of hydrogen-bond acceptors (Lipinski definition) is 3. The van der Waals surface area contributed by atoms with E-state index in [1.165, 1.54) is 0 Å². The van der Waals surface area contributed by atoms with Crippen LogP contribution in [0.15, 0.2) is 24.3 Å². The number of amides is 1. The third kappa shape index (κ3) is 4.53. The summed E-state index contributed by atoms with van der Waals surface area (Å²) in [7, 11) is 0. The molecule has 0 saturated carbocycles. The summed E-state index contributed by atoms with van der Waals surface area (Å²) in [5.41, 5.74) is 0.809. The molecule has 1 fully saturated rings. The van der Waals surface area contributed by atoms with E-state index in [1.807, 2.05) is 24.3 Å². The van der Waals surface area contributed by atoms with Crippen molar-refractivity contribution in [2.75, 3.05) is 25.0 Å². The van der Waals surface area contributed by atoms with Crippen LogP contribution in [0.3, 0.4) is 0 Å². The molecule has 4 heteroatoms. The molecule has 2 N–H and O–H groups in total. The lowest BCUT2D eigenvalue weighted by atomic mass is 10.1. The van der Waals surface area contributed by atoms with Crippen LogP contribution >= 0.6 is 0 Å². The molecule has 0 spiro atoms. The Bertz CT molecular complexity index is 440. The Labute approximate surface area is 120 Å². The van der Waals surface area contributed by atoms with E-state index < -0.39 is 0 Å². The van der Waals surface area contributed by atoms with Crippen molar-refractivity contribution in [2.24, 2.45) is 11.8 Å². The summed E-state index contributed by atoms with van der Waals surface area (Å²) in [6.45, 7) is 6.76. The fourth-order valence-electron chi connectivity index (χ4n) is 2.20. The van der Waals surface area contributed by atoms with Crippen molar-refractivity contribution >= 4 is 11.6 Å². The Morgan fingerprint density at radius 1 is 1.50 bits per heavy atom. The molecule has 1 aromatic rings. The minimum atomic E-state index is 0.0838. The van der Waals surface area contributed by atoms with Gasteiger partial charge in [-0.05, 0) is 37.4 Å². The smallest absolute Gasteiger partial charge is 0.228 e.